The minimum atomic E-state index is -0.205. The Labute approximate surface area is 171 Å². The summed E-state index contributed by atoms with van der Waals surface area (Å²) in [5, 5.41) is 12.5. The molecule has 1 unspecified atom stereocenters. The van der Waals surface area contributed by atoms with Gasteiger partial charge in [0.15, 0.2) is 5.82 Å². The lowest BCUT2D eigenvalue weighted by molar-refractivity contribution is -0.119. The number of aromatic nitrogens is 3. The van der Waals surface area contributed by atoms with E-state index in [0.717, 1.165) is 11.1 Å². The van der Waals surface area contributed by atoms with Gasteiger partial charge in [-0.2, -0.15) is 0 Å². The Balaban J connectivity index is 1.59. The molecule has 3 rings (SSSR count). The fourth-order valence-corrected chi connectivity index (χ4v) is 3.41. The summed E-state index contributed by atoms with van der Waals surface area (Å²) in [4.78, 5) is 12.3. The van der Waals surface area contributed by atoms with Crippen LogP contribution in [0.4, 0.5) is 0 Å². The predicted molar refractivity (Wildman–Crippen MR) is 109 cm³/mol. The van der Waals surface area contributed by atoms with E-state index in [0.29, 0.717) is 21.0 Å². The van der Waals surface area contributed by atoms with Crippen molar-refractivity contribution in [3.8, 4) is 11.4 Å². The summed E-state index contributed by atoms with van der Waals surface area (Å²) in [6.07, 6.45) is 0. The van der Waals surface area contributed by atoms with E-state index in [1.165, 1.54) is 16.4 Å². The van der Waals surface area contributed by atoms with Gasteiger partial charge in [-0.3, -0.25) is 4.79 Å². The van der Waals surface area contributed by atoms with Gasteiger partial charge in [-0.1, -0.05) is 71.4 Å². The molecular weight excluding hydrogens is 405 g/mol. The lowest BCUT2D eigenvalue weighted by Crippen LogP contribution is -2.28. The molecule has 3 aromatic rings. The summed E-state index contributed by atoms with van der Waals surface area (Å²) in [6, 6.07) is 14.6. The normalized spacial score (nSPS) is 12.0. The third kappa shape index (κ3) is 4.74. The van der Waals surface area contributed by atoms with Gasteiger partial charge >= 0.3 is 0 Å². The first-order valence-corrected chi connectivity index (χ1v) is 9.83. The van der Waals surface area contributed by atoms with Gasteiger partial charge in [0.2, 0.25) is 11.1 Å². The minimum Gasteiger partial charge on any atom is -0.349 e. The summed E-state index contributed by atoms with van der Waals surface area (Å²) in [5.41, 5.74) is 1.73. The molecule has 27 heavy (non-hydrogen) atoms. The summed E-state index contributed by atoms with van der Waals surface area (Å²) in [7, 11) is 0. The monoisotopic (exact) mass is 421 g/mol. The molecule has 0 radical (unpaired) electrons. The van der Waals surface area contributed by atoms with E-state index in [1.807, 2.05) is 43.3 Å². The van der Waals surface area contributed by atoms with Crippen LogP contribution in [0.1, 0.15) is 18.5 Å². The number of benzene rings is 2. The number of nitrogens with zero attached hydrogens (tertiary/aromatic N) is 3. The van der Waals surface area contributed by atoms with E-state index in [2.05, 4.69) is 15.5 Å². The van der Waals surface area contributed by atoms with Crippen molar-refractivity contribution < 1.29 is 4.79 Å². The zero-order chi connectivity index (χ0) is 19.4. The SMILES string of the molecule is CC(NC(=O)CSc1nnc(-c2ccccc2)n1N)c1ccc(Cl)c(Cl)c1. The summed E-state index contributed by atoms with van der Waals surface area (Å²) >= 11 is 13.2. The van der Waals surface area contributed by atoms with Crippen LogP contribution in [0.3, 0.4) is 0 Å². The smallest absolute Gasteiger partial charge is 0.230 e. The van der Waals surface area contributed by atoms with Gasteiger partial charge in [0.05, 0.1) is 21.8 Å². The third-order valence-corrected chi connectivity index (χ3v) is 5.53. The molecule has 2 aromatic carbocycles. The van der Waals surface area contributed by atoms with Crippen molar-refractivity contribution in [2.45, 2.75) is 18.1 Å². The van der Waals surface area contributed by atoms with Crippen LogP contribution in [0.2, 0.25) is 10.0 Å². The Morgan fingerprint density at radius 3 is 2.63 bits per heavy atom. The van der Waals surface area contributed by atoms with Crippen LogP contribution in [0.15, 0.2) is 53.7 Å². The number of thioether (sulfide) groups is 1. The first kappa shape index (κ1) is 19.5. The number of nitrogen functional groups attached to an aromatic ring is 1. The molecule has 1 heterocycles. The highest BCUT2D eigenvalue weighted by atomic mass is 35.5. The number of amides is 1. The highest BCUT2D eigenvalue weighted by molar-refractivity contribution is 7.99. The van der Waals surface area contributed by atoms with Crippen molar-refractivity contribution in [1.29, 1.82) is 0 Å². The average Bonchev–Trinajstić information content (AvgIpc) is 3.03. The maximum absolute atomic E-state index is 12.3. The van der Waals surface area contributed by atoms with Crippen LogP contribution < -0.4 is 11.2 Å². The van der Waals surface area contributed by atoms with Crippen LogP contribution in [0.25, 0.3) is 11.4 Å². The van der Waals surface area contributed by atoms with Crippen LogP contribution in [0.5, 0.6) is 0 Å². The predicted octanol–water partition coefficient (Wildman–Crippen LogP) is 3.94. The molecule has 0 aliphatic rings. The standard InChI is InChI=1S/C18H17Cl2N5OS/c1-11(13-7-8-14(19)15(20)9-13)22-16(26)10-27-18-24-23-17(25(18)21)12-5-3-2-4-6-12/h2-9,11H,10,21H2,1H3,(H,22,26). The molecule has 1 amide bonds. The van der Waals surface area contributed by atoms with Crippen molar-refractivity contribution in [2.75, 3.05) is 11.6 Å². The summed E-state index contributed by atoms with van der Waals surface area (Å²) in [6.45, 7) is 1.88. The number of halogens is 2. The van der Waals surface area contributed by atoms with Gasteiger partial charge in [0, 0.05) is 5.56 Å². The largest absolute Gasteiger partial charge is 0.349 e. The molecule has 0 aliphatic heterocycles. The molecule has 0 bridgehead atoms. The molecule has 0 spiro atoms. The zero-order valence-electron chi connectivity index (χ0n) is 14.4. The highest BCUT2D eigenvalue weighted by Gasteiger charge is 2.15. The molecule has 0 fully saturated rings. The zero-order valence-corrected chi connectivity index (χ0v) is 16.7. The Kier molecular flexibility index (Phi) is 6.26. The van der Waals surface area contributed by atoms with Gasteiger partial charge in [0.25, 0.3) is 0 Å². The van der Waals surface area contributed by atoms with E-state index in [1.54, 1.807) is 12.1 Å². The van der Waals surface area contributed by atoms with Crippen molar-refractivity contribution in [1.82, 2.24) is 20.2 Å². The van der Waals surface area contributed by atoms with E-state index >= 15 is 0 Å². The number of carbonyl (C=O) groups excluding carboxylic acids is 1. The molecule has 140 valence electrons. The summed E-state index contributed by atoms with van der Waals surface area (Å²) < 4.78 is 1.38. The van der Waals surface area contributed by atoms with E-state index in [-0.39, 0.29) is 17.7 Å². The highest BCUT2D eigenvalue weighted by Crippen LogP contribution is 2.26. The molecule has 1 aromatic heterocycles. The lowest BCUT2D eigenvalue weighted by Gasteiger charge is -2.14. The number of carbonyl (C=O) groups is 1. The van der Waals surface area contributed by atoms with Gasteiger partial charge in [-0.15, -0.1) is 10.2 Å². The van der Waals surface area contributed by atoms with E-state index < -0.39 is 0 Å². The van der Waals surface area contributed by atoms with Gasteiger partial charge in [-0.05, 0) is 24.6 Å². The van der Waals surface area contributed by atoms with Crippen molar-refractivity contribution in [3.05, 3.63) is 64.1 Å². The molecule has 6 nitrogen and oxygen atoms in total. The second kappa shape index (κ2) is 8.65. The average molecular weight is 422 g/mol. The van der Waals surface area contributed by atoms with Crippen LogP contribution in [0, 0.1) is 0 Å². The van der Waals surface area contributed by atoms with Crippen LogP contribution >= 0.6 is 35.0 Å². The number of hydrogen-bond donors (Lipinski definition) is 2. The quantitative estimate of drug-likeness (QED) is 0.464. The second-order valence-electron chi connectivity index (χ2n) is 5.79. The number of rotatable bonds is 6. The van der Waals surface area contributed by atoms with Crippen molar-refractivity contribution in [2.24, 2.45) is 0 Å². The first-order valence-electron chi connectivity index (χ1n) is 8.08. The molecule has 0 aliphatic carbocycles. The van der Waals surface area contributed by atoms with Gasteiger partial charge < -0.3 is 11.2 Å². The Bertz CT molecular complexity index is 948. The molecule has 0 saturated heterocycles. The Hall–Kier alpha value is -2.22. The fourth-order valence-electron chi connectivity index (χ4n) is 2.44. The van der Waals surface area contributed by atoms with Gasteiger partial charge in [-0.25, -0.2) is 4.68 Å². The van der Waals surface area contributed by atoms with Crippen molar-refractivity contribution in [3.63, 3.8) is 0 Å². The maximum atomic E-state index is 12.3. The minimum absolute atomic E-state index is 0.150. The topological polar surface area (TPSA) is 85.8 Å². The van der Waals surface area contributed by atoms with Crippen LogP contribution in [-0.4, -0.2) is 26.5 Å². The molecular formula is C18H17Cl2N5OS. The Morgan fingerprint density at radius 1 is 1.19 bits per heavy atom. The molecule has 3 N–H and O–H groups in total. The van der Waals surface area contributed by atoms with E-state index in [4.69, 9.17) is 29.0 Å². The van der Waals surface area contributed by atoms with E-state index in [9.17, 15) is 4.79 Å². The van der Waals surface area contributed by atoms with Gasteiger partial charge in [0.1, 0.15) is 0 Å². The number of nitrogens with one attached hydrogen (secondary N) is 1. The third-order valence-electron chi connectivity index (χ3n) is 3.85. The number of hydrogen-bond acceptors (Lipinski definition) is 5. The molecule has 1 atom stereocenters. The maximum Gasteiger partial charge on any atom is 0.230 e. The number of nitrogens with two attached hydrogens (primary N) is 1. The summed E-state index contributed by atoms with van der Waals surface area (Å²) in [5.74, 6) is 6.61. The lowest BCUT2D eigenvalue weighted by atomic mass is 10.1. The Morgan fingerprint density at radius 2 is 1.93 bits per heavy atom. The van der Waals surface area contributed by atoms with Crippen LogP contribution in [-0.2, 0) is 4.79 Å². The first-order chi connectivity index (χ1) is 13.0. The second-order valence-corrected chi connectivity index (χ2v) is 7.55. The fraction of sp³-hybridized carbons (Fsp3) is 0.167. The molecule has 0 saturated carbocycles. The van der Waals surface area contributed by atoms with Crippen molar-refractivity contribution >= 4 is 40.9 Å². The molecule has 9 heteroatoms.